The normalized spacial score (nSPS) is 20.8. The van der Waals surface area contributed by atoms with Crippen molar-refractivity contribution >= 4 is 26.0 Å². The second-order valence-corrected chi connectivity index (χ2v) is 7.96. The molecule has 7 heteroatoms. The van der Waals surface area contributed by atoms with E-state index in [4.69, 9.17) is 0 Å². The van der Waals surface area contributed by atoms with Crippen molar-refractivity contribution < 1.29 is 12.8 Å². The topological polar surface area (TPSA) is 40.6 Å². The zero-order valence-corrected chi connectivity index (χ0v) is 13.9. The summed E-state index contributed by atoms with van der Waals surface area (Å²) in [4.78, 5) is 2.11. The number of nitrogens with zero attached hydrogens (tertiary/aromatic N) is 2. The van der Waals surface area contributed by atoms with Crippen molar-refractivity contribution in [1.29, 1.82) is 0 Å². The Bertz CT molecular complexity index is 592. The summed E-state index contributed by atoms with van der Waals surface area (Å²) < 4.78 is 40.3. The van der Waals surface area contributed by atoms with Gasteiger partial charge in [-0.2, -0.15) is 4.31 Å². The molecule has 2 rings (SSSR count). The third-order valence-electron chi connectivity index (χ3n) is 3.38. The fraction of sp³-hybridized carbons (Fsp3) is 0.538. The number of benzene rings is 1. The quantitative estimate of drug-likeness (QED) is 0.822. The van der Waals surface area contributed by atoms with Gasteiger partial charge in [0.15, 0.2) is 0 Å². The Balaban J connectivity index is 2.34. The van der Waals surface area contributed by atoms with E-state index in [1.807, 2.05) is 19.0 Å². The van der Waals surface area contributed by atoms with Crippen LogP contribution in [0.15, 0.2) is 27.6 Å². The van der Waals surface area contributed by atoms with E-state index < -0.39 is 15.8 Å². The van der Waals surface area contributed by atoms with Gasteiger partial charge in [0.1, 0.15) is 5.82 Å². The van der Waals surface area contributed by atoms with E-state index in [1.54, 1.807) is 0 Å². The zero-order chi connectivity index (χ0) is 14.9. The van der Waals surface area contributed by atoms with Gasteiger partial charge in [-0.25, -0.2) is 12.8 Å². The lowest BCUT2D eigenvalue weighted by Crippen LogP contribution is -2.41. The molecule has 0 aliphatic carbocycles. The largest absolute Gasteiger partial charge is 0.308 e. The lowest BCUT2D eigenvalue weighted by atomic mass is 10.2. The predicted octanol–water partition coefficient (Wildman–Crippen LogP) is 2.30. The molecule has 4 nitrogen and oxygen atoms in total. The first kappa shape index (κ1) is 15.9. The lowest BCUT2D eigenvalue weighted by molar-refractivity contribution is 0.291. The third kappa shape index (κ3) is 3.21. The van der Waals surface area contributed by atoms with E-state index >= 15 is 0 Å². The van der Waals surface area contributed by atoms with Gasteiger partial charge in [0.25, 0.3) is 0 Å². The van der Waals surface area contributed by atoms with Gasteiger partial charge in [-0.15, -0.1) is 0 Å². The Morgan fingerprint density at radius 3 is 2.75 bits per heavy atom. The smallest absolute Gasteiger partial charge is 0.244 e. The average Bonchev–Trinajstić information content (AvgIpc) is 2.76. The van der Waals surface area contributed by atoms with Gasteiger partial charge in [0, 0.05) is 23.6 Å². The molecule has 0 bridgehead atoms. The van der Waals surface area contributed by atoms with Crippen molar-refractivity contribution in [1.82, 2.24) is 9.21 Å². The zero-order valence-electron chi connectivity index (χ0n) is 11.5. The van der Waals surface area contributed by atoms with Gasteiger partial charge in [0.05, 0.1) is 4.90 Å². The molecule has 0 amide bonds. The molecule has 20 heavy (non-hydrogen) atoms. The number of hydrogen-bond donors (Lipinski definition) is 0. The lowest BCUT2D eigenvalue weighted by Gasteiger charge is -2.26. The molecule has 1 heterocycles. The fourth-order valence-corrected chi connectivity index (χ4v) is 5.24. The molecule has 0 radical (unpaired) electrons. The molecule has 0 N–H and O–H groups in total. The molecule has 0 spiro atoms. The van der Waals surface area contributed by atoms with Crippen LogP contribution >= 0.6 is 15.9 Å². The molecular weight excluding hydrogens is 347 g/mol. The monoisotopic (exact) mass is 364 g/mol. The van der Waals surface area contributed by atoms with E-state index in [2.05, 4.69) is 15.9 Å². The van der Waals surface area contributed by atoms with Crippen molar-refractivity contribution in [2.45, 2.75) is 23.8 Å². The van der Waals surface area contributed by atoms with Crippen molar-refractivity contribution in [3.05, 3.63) is 28.5 Å². The highest BCUT2D eigenvalue weighted by Crippen LogP contribution is 2.30. The van der Waals surface area contributed by atoms with Crippen molar-refractivity contribution in [2.24, 2.45) is 0 Å². The molecular formula is C13H18BrFN2O2S. The standard InChI is InChI=1S/C13H18BrFN2O2S/c1-16(2)9-11-4-3-7-17(11)20(18,19)13-6-5-10(15)8-12(13)14/h5-6,8,11H,3-4,7,9H2,1-2H3. The molecule has 1 unspecified atom stereocenters. The molecule has 1 atom stereocenters. The minimum absolute atomic E-state index is 0.0213. The van der Waals surface area contributed by atoms with Crippen LogP contribution in [0.3, 0.4) is 0 Å². The second-order valence-electron chi connectivity index (χ2n) is 5.25. The predicted molar refractivity (Wildman–Crippen MR) is 79.6 cm³/mol. The van der Waals surface area contributed by atoms with E-state index in [0.29, 0.717) is 13.1 Å². The number of hydrogen-bond acceptors (Lipinski definition) is 3. The summed E-state index contributed by atoms with van der Waals surface area (Å²) >= 11 is 3.14. The van der Waals surface area contributed by atoms with Crippen LogP contribution in [-0.4, -0.2) is 50.8 Å². The minimum atomic E-state index is -3.59. The van der Waals surface area contributed by atoms with Gasteiger partial charge in [-0.3, -0.25) is 0 Å². The summed E-state index contributed by atoms with van der Waals surface area (Å²) in [7, 11) is 0.267. The number of sulfonamides is 1. The first-order valence-electron chi connectivity index (χ1n) is 6.44. The van der Waals surface area contributed by atoms with Crippen LogP contribution in [-0.2, 0) is 10.0 Å². The second kappa shape index (κ2) is 6.09. The van der Waals surface area contributed by atoms with Crippen molar-refractivity contribution in [2.75, 3.05) is 27.2 Å². The maximum atomic E-state index is 13.1. The maximum absolute atomic E-state index is 13.1. The molecule has 112 valence electrons. The Kier molecular flexibility index (Phi) is 4.84. The highest BCUT2D eigenvalue weighted by Gasteiger charge is 2.36. The highest BCUT2D eigenvalue weighted by atomic mass is 79.9. The summed E-state index contributed by atoms with van der Waals surface area (Å²) in [5.41, 5.74) is 0. The van der Waals surface area contributed by atoms with Crippen LogP contribution in [0.5, 0.6) is 0 Å². The molecule has 0 aromatic heterocycles. The van der Waals surface area contributed by atoms with E-state index in [0.717, 1.165) is 12.8 Å². The van der Waals surface area contributed by atoms with Gasteiger partial charge in [0.2, 0.25) is 10.0 Å². The Labute approximate surface area is 127 Å². The summed E-state index contributed by atoms with van der Waals surface area (Å²) in [6.07, 6.45) is 1.72. The Morgan fingerprint density at radius 1 is 1.45 bits per heavy atom. The average molecular weight is 365 g/mol. The molecule has 0 saturated carbocycles. The van der Waals surface area contributed by atoms with E-state index in [1.165, 1.54) is 22.5 Å². The molecule has 1 saturated heterocycles. The van der Waals surface area contributed by atoms with Crippen LogP contribution in [0.4, 0.5) is 4.39 Å². The molecule has 1 aromatic rings. The van der Waals surface area contributed by atoms with Gasteiger partial charge in [-0.1, -0.05) is 0 Å². The van der Waals surface area contributed by atoms with Crippen LogP contribution in [0, 0.1) is 5.82 Å². The fourth-order valence-electron chi connectivity index (χ4n) is 2.54. The number of rotatable bonds is 4. The molecule has 1 aliphatic heterocycles. The van der Waals surface area contributed by atoms with Crippen molar-refractivity contribution in [3.8, 4) is 0 Å². The summed E-state index contributed by atoms with van der Waals surface area (Å²) in [6.45, 7) is 1.21. The Hall–Kier alpha value is -0.500. The summed E-state index contributed by atoms with van der Waals surface area (Å²) in [6, 6.07) is 3.66. The highest BCUT2D eigenvalue weighted by molar-refractivity contribution is 9.10. The maximum Gasteiger partial charge on any atom is 0.244 e. The van der Waals surface area contributed by atoms with E-state index in [-0.39, 0.29) is 15.4 Å². The first-order chi connectivity index (χ1) is 9.32. The third-order valence-corrected chi connectivity index (χ3v) is 6.31. The van der Waals surface area contributed by atoms with Gasteiger partial charge < -0.3 is 4.90 Å². The summed E-state index contributed by atoms with van der Waals surface area (Å²) in [5.74, 6) is -0.456. The molecule has 1 aliphatic rings. The Morgan fingerprint density at radius 2 is 2.15 bits per heavy atom. The van der Waals surface area contributed by atoms with Gasteiger partial charge in [-0.05, 0) is 61.1 Å². The van der Waals surface area contributed by atoms with Crippen molar-refractivity contribution in [3.63, 3.8) is 0 Å². The first-order valence-corrected chi connectivity index (χ1v) is 8.67. The minimum Gasteiger partial charge on any atom is -0.308 e. The molecule has 1 fully saturated rings. The number of halogens is 2. The SMILES string of the molecule is CN(C)CC1CCCN1S(=O)(=O)c1ccc(F)cc1Br. The van der Waals surface area contributed by atoms with Gasteiger partial charge >= 0.3 is 0 Å². The van der Waals surface area contributed by atoms with Crippen LogP contribution in [0.2, 0.25) is 0 Å². The van der Waals surface area contributed by atoms with E-state index in [9.17, 15) is 12.8 Å². The molecule has 1 aromatic carbocycles. The van der Waals surface area contributed by atoms with Crippen LogP contribution in [0.25, 0.3) is 0 Å². The van der Waals surface area contributed by atoms with Crippen LogP contribution < -0.4 is 0 Å². The van der Waals surface area contributed by atoms with Crippen LogP contribution in [0.1, 0.15) is 12.8 Å². The number of likely N-dealkylation sites (N-methyl/N-ethyl adjacent to an activating group) is 1. The summed E-state index contributed by atoms with van der Waals surface area (Å²) in [5, 5.41) is 0.